The Bertz CT molecular complexity index is 510. The van der Waals surface area contributed by atoms with Gasteiger partial charge in [-0.2, -0.15) is 0 Å². The van der Waals surface area contributed by atoms with Gasteiger partial charge in [-0.05, 0) is 77.1 Å². The fourth-order valence-electron chi connectivity index (χ4n) is 3.21. The number of benzene rings is 1. The van der Waals surface area contributed by atoms with Crippen LogP contribution in [0.2, 0.25) is 0 Å². The number of piperidine rings is 1. The standard InChI is InChI=1S/C18H31N5/c1-14-11-15(2)13-16(12-14)21-18(19)20-7-10-23-8-5-17(6-9-23)22(3)4/h11-13,17H,5-10H2,1-4H3,(H3,19,20,21). The minimum atomic E-state index is 0.498. The highest BCUT2D eigenvalue weighted by Gasteiger charge is 2.19. The summed E-state index contributed by atoms with van der Waals surface area (Å²) in [6.45, 7) is 8.21. The van der Waals surface area contributed by atoms with Crippen molar-refractivity contribution in [3.63, 3.8) is 0 Å². The van der Waals surface area contributed by atoms with Crippen LogP contribution in [0.1, 0.15) is 24.0 Å². The molecule has 1 saturated heterocycles. The van der Waals surface area contributed by atoms with Crippen LogP contribution in [-0.4, -0.2) is 62.1 Å². The maximum Gasteiger partial charge on any atom is 0.193 e. The molecule has 0 aliphatic carbocycles. The van der Waals surface area contributed by atoms with Gasteiger partial charge >= 0.3 is 0 Å². The minimum absolute atomic E-state index is 0.498. The molecule has 1 fully saturated rings. The molecule has 128 valence electrons. The molecule has 0 saturated carbocycles. The monoisotopic (exact) mass is 317 g/mol. The van der Waals surface area contributed by atoms with Crippen LogP contribution < -0.4 is 11.1 Å². The smallest absolute Gasteiger partial charge is 0.193 e. The second-order valence-electron chi connectivity index (χ2n) is 6.80. The molecule has 2 rings (SSSR count). The number of rotatable bonds is 5. The molecule has 0 amide bonds. The van der Waals surface area contributed by atoms with Gasteiger partial charge < -0.3 is 20.9 Å². The van der Waals surface area contributed by atoms with E-state index >= 15 is 0 Å². The number of aliphatic imine (C=N–C) groups is 1. The van der Waals surface area contributed by atoms with E-state index in [9.17, 15) is 0 Å². The van der Waals surface area contributed by atoms with Crippen molar-refractivity contribution >= 4 is 11.6 Å². The Morgan fingerprint density at radius 1 is 1.22 bits per heavy atom. The highest BCUT2D eigenvalue weighted by molar-refractivity contribution is 5.92. The Kier molecular flexibility index (Phi) is 6.42. The molecule has 0 unspecified atom stereocenters. The summed E-state index contributed by atoms with van der Waals surface area (Å²) < 4.78 is 0. The number of hydrogen-bond donors (Lipinski definition) is 2. The van der Waals surface area contributed by atoms with Gasteiger partial charge in [-0.25, -0.2) is 0 Å². The summed E-state index contributed by atoms with van der Waals surface area (Å²) in [7, 11) is 4.34. The van der Waals surface area contributed by atoms with Gasteiger partial charge in [0.1, 0.15) is 0 Å². The first-order chi connectivity index (χ1) is 10.9. The Balaban J connectivity index is 1.75. The lowest BCUT2D eigenvalue weighted by atomic mass is 10.0. The van der Waals surface area contributed by atoms with E-state index in [2.05, 4.69) is 66.3 Å². The number of hydrogen-bond acceptors (Lipinski definition) is 3. The Hall–Kier alpha value is -1.59. The van der Waals surface area contributed by atoms with Crippen molar-refractivity contribution < 1.29 is 0 Å². The van der Waals surface area contributed by atoms with Crippen LogP contribution in [0, 0.1) is 13.8 Å². The highest BCUT2D eigenvalue weighted by Crippen LogP contribution is 2.14. The quantitative estimate of drug-likeness (QED) is 0.645. The molecule has 3 N–H and O–H groups in total. The molecule has 1 aliphatic heterocycles. The third-order valence-corrected chi connectivity index (χ3v) is 4.48. The van der Waals surface area contributed by atoms with Gasteiger partial charge in [-0.15, -0.1) is 0 Å². The SMILES string of the molecule is Cc1cc(C)cc(NC(N)=NCCN2CCC(N(C)C)CC2)c1. The lowest BCUT2D eigenvalue weighted by Gasteiger charge is -2.34. The van der Waals surface area contributed by atoms with E-state index in [1.165, 1.54) is 24.0 Å². The number of nitrogens with one attached hydrogen (secondary N) is 1. The molecule has 23 heavy (non-hydrogen) atoms. The second-order valence-corrected chi connectivity index (χ2v) is 6.80. The van der Waals surface area contributed by atoms with Gasteiger partial charge in [0.25, 0.3) is 0 Å². The number of likely N-dealkylation sites (tertiary alicyclic amines) is 1. The van der Waals surface area contributed by atoms with Crippen LogP contribution >= 0.6 is 0 Å². The maximum atomic E-state index is 6.00. The zero-order valence-electron chi connectivity index (χ0n) is 15.0. The summed E-state index contributed by atoms with van der Waals surface area (Å²) in [6, 6.07) is 7.05. The van der Waals surface area contributed by atoms with Gasteiger partial charge in [-0.1, -0.05) is 6.07 Å². The Labute approximate surface area is 140 Å². The first-order valence-electron chi connectivity index (χ1n) is 8.48. The van der Waals surface area contributed by atoms with E-state index < -0.39 is 0 Å². The normalized spacial score (nSPS) is 17.7. The molecule has 0 radical (unpaired) electrons. The summed E-state index contributed by atoms with van der Waals surface area (Å²) in [4.78, 5) is 9.27. The highest BCUT2D eigenvalue weighted by atomic mass is 15.2. The summed E-state index contributed by atoms with van der Waals surface area (Å²) in [5.41, 5.74) is 9.46. The summed E-state index contributed by atoms with van der Waals surface area (Å²) in [5.74, 6) is 0.498. The fraction of sp³-hybridized carbons (Fsp3) is 0.611. The summed E-state index contributed by atoms with van der Waals surface area (Å²) in [6.07, 6.45) is 2.49. The second kappa shape index (κ2) is 8.31. The van der Waals surface area contributed by atoms with E-state index in [0.29, 0.717) is 5.96 Å². The Morgan fingerprint density at radius 2 is 1.83 bits per heavy atom. The largest absolute Gasteiger partial charge is 0.370 e. The average molecular weight is 317 g/mol. The maximum absolute atomic E-state index is 6.00. The first kappa shape index (κ1) is 17.8. The molecular formula is C18H31N5. The molecule has 0 spiro atoms. The van der Waals surface area contributed by atoms with E-state index in [0.717, 1.165) is 37.9 Å². The minimum Gasteiger partial charge on any atom is -0.370 e. The molecule has 5 nitrogen and oxygen atoms in total. The molecule has 1 aliphatic rings. The van der Waals surface area contributed by atoms with Crippen molar-refractivity contribution in [1.82, 2.24) is 9.80 Å². The van der Waals surface area contributed by atoms with Crippen LogP contribution in [0.4, 0.5) is 5.69 Å². The number of anilines is 1. The van der Waals surface area contributed by atoms with E-state index in [1.807, 2.05) is 0 Å². The van der Waals surface area contributed by atoms with Gasteiger partial charge in [0, 0.05) is 18.3 Å². The summed E-state index contributed by atoms with van der Waals surface area (Å²) >= 11 is 0. The van der Waals surface area contributed by atoms with Crippen LogP contribution in [0.3, 0.4) is 0 Å². The van der Waals surface area contributed by atoms with Crippen LogP contribution in [0.25, 0.3) is 0 Å². The molecule has 0 aromatic heterocycles. The predicted molar refractivity (Wildman–Crippen MR) is 99.2 cm³/mol. The van der Waals surface area contributed by atoms with Crippen molar-refractivity contribution in [2.45, 2.75) is 32.7 Å². The topological polar surface area (TPSA) is 56.9 Å². The van der Waals surface area contributed by atoms with Crippen LogP contribution in [0.5, 0.6) is 0 Å². The average Bonchev–Trinajstić information content (AvgIpc) is 2.46. The molecule has 0 atom stereocenters. The summed E-state index contributed by atoms with van der Waals surface area (Å²) in [5, 5.41) is 3.19. The lowest BCUT2D eigenvalue weighted by Crippen LogP contribution is -2.42. The zero-order chi connectivity index (χ0) is 16.8. The number of nitrogens with two attached hydrogens (primary N) is 1. The van der Waals surface area contributed by atoms with Crippen molar-refractivity contribution in [2.75, 3.05) is 45.6 Å². The van der Waals surface area contributed by atoms with Gasteiger partial charge in [0.15, 0.2) is 5.96 Å². The van der Waals surface area contributed by atoms with E-state index in [4.69, 9.17) is 5.73 Å². The Morgan fingerprint density at radius 3 is 2.39 bits per heavy atom. The first-order valence-corrected chi connectivity index (χ1v) is 8.48. The van der Waals surface area contributed by atoms with Gasteiger partial charge in [-0.3, -0.25) is 4.99 Å². The van der Waals surface area contributed by atoms with Crippen LogP contribution in [0.15, 0.2) is 23.2 Å². The number of aryl methyl sites for hydroxylation is 2. The molecule has 1 aromatic rings. The molecule has 0 bridgehead atoms. The van der Waals surface area contributed by atoms with E-state index in [-0.39, 0.29) is 0 Å². The number of nitrogens with zero attached hydrogens (tertiary/aromatic N) is 3. The zero-order valence-corrected chi connectivity index (χ0v) is 15.0. The lowest BCUT2D eigenvalue weighted by molar-refractivity contribution is 0.148. The van der Waals surface area contributed by atoms with Crippen LogP contribution in [-0.2, 0) is 0 Å². The molecule has 1 aromatic carbocycles. The van der Waals surface area contributed by atoms with Crippen molar-refractivity contribution in [1.29, 1.82) is 0 Å². The third-order valence-electron chi connectivity index (χ3n) is 4.48. The third kappa shape index (κ3) is 5.84. The van der Waals surface area contributed by atoms with Gasteiger partial charge in [0.2, 0.25) is 0 Å². The predicted octanol–water partition coefficient (Wildman–Crippen LogP) is 2.06. The number of guanidine groups is 1. The van der Waals surface area contributed by atoms with Crippen molar-refractivity contribution in [2.24, 2.45) is 10.7 Å². The van der Waals surface area contributed by atoms with Crippen molar-refractivity contribution in [3.05, 3.63) is 29.3 Å². The molecule has 1 heterocycles. The van der Waals surface area contributed by atoms with Crippen molar-refractivity contribution in [3.8, 4) is 0 Å². The van der Waals surface area contributed by atoms with E-state index in [1.54, 1.807) is 0 Å². The fourth-order valence-corrected chi connectivity index (χ4v) is 3.21. The molecule has 5 heteroatoms. The molecular weight excluding hydrogens is 286 g/mol. The van der Waals surface area contributed by atoms with Gasteiger partial charge in [0.05, 0.1) is 6.54 Å².